The number of esters is 4. The summed E-state index contributed by atoms with van der Waals surface area (Å²) in [6, 6.07) is 25.2. The van der Waals surface area contributed by atoms with Gasteiger partial charge < -0.3 is 44.3 Å². The standard InChI is InChI=1S/C48H57NO13/c1-7-34-28(3)35(60-45(56)39(53)38(32-20-14-10-15-21-32)49-26-31-18-12-9-13-19-31)25-47(57,8-2)43(61-44(55)33-22-16-11-17-23-33)41-46(6,42(54)40(34)59-29(4)50)36(52)24-37-48(41,27-58-37)62-30(5)51/h9-23,35-41,43,49,52-53,57H,7-8,24-27H2,1-6H3/b34-28+/t35-,36-,37+,38-,39+,40+,41-,43-,46+,47+,48-/m0/s1. The van der Waals surface area contributed by atoms with Crippen LogP contribution in [0, 0.1) is 11.3 Å². The van der Waals surface area contributed by atoms with Crippen molar-refractivity contribution in [1.82, 2.24) is 5.32 Å². The molecule has 3 aromatic rings. The van der Waals surface area contributed by atoms with Gasteiger partial charge in [-0.1, -0.05) is 92.7 Å². The molecule has 0 unspecified atom stereocenters. The summed E-state index contributed by atoms with van der Waals surface area (Å²) >= 11 is 0. The van der Waals surface area contributed by atoms with E-state index >= 15 is 4.79 Å². The monoisotopic (exact) mass is 855 g/mol. The Morgan fingerprint density at radius 3 is 2.05 bits per heavy atom. The van der Waals surface area contributed by atoms with Crippen molar-refractivity contribution >= 4 is 29.7 Å². The number of hydrogen-bond donors (Lipinski definition) is 4. The minimum atomic E-state index is -2.20. The van der Waals surface area contributed by atoms with Gasteiger partial charge in [-0.05, 0) is 61.1 Å². The van der Waals surface area contributed by atoms with Gasteiger partial charge in [0, 0.05) is 33.2 Å². The number of aliphatic hydroxyl groups excluding tert-OH is 2. The number of benzene rings is 3. The molecule has 4 N–H and O–H groups in total. The highest BCUT2D eigenvalue weighted by atomic mass is 16.6. The summed E-state index contributed by atoms with van der Waals surface area (Å²) in [6.45, 7) is 8.64. The summed E-state index contributed by atoms with van der Waals surface area (Å²) in [5.41, 5.74) is -3.94. The molecule has 1 saturated heterocycles. The van der Waals surface area contributed by atoms with Gasteiger partial charge in [0.2, 0.25) is 0 Å². The van der Waals surface area contributed by atoms with E-state index in [1.807, 2.05) is 30.3 Å². The summed E-state index contributed by atoms with van der Waals surface area (Å²) in [5.74, 6) is -5.91. The number of fused-ring (bicyclic) bond motifs is 3. The number of hydrogen-bond acceptors (Lipinski definition) is 14. The first-order valence-electron chi connectivity index (χ1n) is 21.1. The molecule has 0 aromatic heterocycles. The lowest BCUT2D eigenvalue weighted by Crippen LogP contribution is -2.79. The zero-order valence-electron chi connectivity index (χ0n) is 35.9. The lowest BCUT2D eigenvalue weighted by molar-refractivity contribution is -0.339. The van der Waals surface area contributed by atoms with Gasteiger partial charge in [0.1, 0.15) is 23.9 Å². The second-order valence-electron chi connectivity index (χ2n) is 16.8. The Labute approximate surface area is 361 Å². The molecule has 14 nitrogen and oxygen atoms in total. The van der Waals surface area contributed by atoms with Gasteiger partial charge in [-0.2, -0.15) is 0 Å². The summed E-state index contributed by atoms with van der Waals surface area (Å²) in [4.78, 5) is 70.1. The lowest BCUT2D eigenvalue weighted by atomic mass is 9.50. The van der Waals surface area contributed by atoms with Crippen molar-refractivity contribution in [2.24, 2.45) is 11.3 Å². The average molecular weight is 856 g/mol. The second-order valence-corrected chi connectivity index (χ2v) is 16.8. The molecule has 62 heavy (non-hydrogen) atoms. The summed E-state index contributed by atoms with van der Waals surface area (Å²) in [5, 5.41) is 40.5. The van der Waals surface area contributed by atoms with Gasteiger partial charge in [0.15, 0.2) is 23.6 Å². The predicted octanol–water partition coefficient (Wildman–Crippen LogP) is 4.88. The fraction of sp³-hybridized carbons (Fsp3) is 0.479. The minimum Gasteiger partial charge on any atom is -0.456 e. The minimum absolute atomic E-state index is 0.0754. The Balaban J connectivity index is 1.53. The third-order valence-electron chi connectivity index (χ3n) is 13.0. The maximum absolute atomic E-state index is 15.5. The average Bonchev–Trinajstić information content (AvgIpc) is 3.26. The molecule has 1 saturated carbocycles. The summed E-state index contributed by atoms with van der Waals surface area (Å²) in [7, 11) is 0. The number of carbonyl (C=O) groups excluding carboxylic acids is 5. The van der Waals surface area contributed by atoms with Crippen LogP contribution in [0.2, 0.25) is 0 Å². The first-order valence-corrected chi connectivity index (χ1v) is 21.1. The van der Waals surface area contributed by atoms with E-state index < -0.39 is 101 Å². The Bertz CT molecular complexity index is 2130. The zero-order chi connectivity index (χ0) is 45.0. The highest BCUT2D eigenvalue weighted by Crippen LogP contribution is 2.59. The summed E-state index contributed by atoms with van der Waals surface area (Å²) < 4.78 is 30.4. The Morgan fingerprint density at radius 2 is 1.50 bits per heavy atom. The van der Waals surface area contributed by atoms with Crippen molar-refractivity contribution < 1.29 is 63.0 Å². The largest absolute Gasteiger partial charge is 0.456 e. The van der Waals surface area contributed by atoms with Crippen LogP contribution < -0.4 is 5.32 Å². The molecule has 1 aliphatic heterocycles. The van der Waals surface area contributed by atoms with E-state index in [4.69, 9.17) is 23.7 Å². The molecule has 11 atom stereocenters. The third-order valence-corrected chi connectivity index (χ3v) is 13.0. The van der Waals surface area contributed by atoms with Crippen LogP contribution >= 0.6 is 0 Å². The van der Waals surface area contributed by atoms with Crippen molar-refractivity contribution in [3.05, 3.63) is 119 Å². The van der Waals surface area contributed by atoms with E-state index in [0.29, 0.717) is 5.56 Å². The molecule has 1 heterocycles. The topological polar surface area (TPSA) is 204 Å². The van der Waals surface area contributed by atoms with Crippen molar-refractivity contribution in [1.29, 1.82) is 0 Å². The van der Waals surface area contributed by atoms with Crippen LogP contribution in [0.3, 0.4) is 0 Å². The SMILES string of the molecule is CC/C1=C(/C)[C@@H](OC(=O)[C@H](O)[C@@H](NCc2ccccc2)c2ccccc2)C[C@](O)(CC)[C@@H](OC(=O)c2ccccc2)[C@@H]2[C@]3(OC(C)=O)CO[C@@H]3C[C@H](O)[C@@]2(C)C(=O)[C@@H]1OC(C)=O. The van der Waals surface area contributed by atoms with Gasteiger partial charge in [-0.25, -0.2) is 9.59 Å². The van der Waals surface area contributed by atoms with E-state index in [1.165, 1.54) is 26.0 Å². The molecule has 0 radical (unpaired) electrons. The molecular weight excluding hydrogens is 799 g/mol. The number of rotatable bonds is 13. The van der Waals surface area contributed by atoms with Crippen LogP contribution in [0.15, 0.2) is 102 Å². The van der Waals surface area contributed by atoms with Crippen LogP contribution in [0.1, 0.15) is 94.8 Å². The van der Waals surface area contributed by atoms with Crippen LogP contribution in [0.4, 0.5) is 0 Å². The predicted molar refractivity (Wildman–Crippen MR) is 224 cm³/mol. The Hall–Kier alpha value is -5.25. The van der Waals surface area contributed by atoms with E-state index in [2.05, 4.69) is 5.32 Å². The first kappa shape index (κ1) is 46.3. The molecule has 2 aliphatic carbocycles. The fourth-order valence-corrected chi connectivity index (χ4v) is 9.56. The normalized spacial score (nSPS) is 31.8. The molecule has 3 aliphatic rings. The molecule has 332 valence electrons. The second kappa shape index (κ2) is 19.0. The quantitative estimate of drug-likeness (QED) is 0.103. The molecule has 3 aromatic carbocycles. The van der Waals surface area contributed by atoms with Crippen LogP contribution in [-0.4, -0.2) is 99.4 Å². The van der Waals surface area contributed by atoms with E-state index in [9.17, 15) is 34.5 Å². The van der Waals surface area contributed by atoms with E-state index in [-0.39, 0.29) is 49.1 Å². The van der Waals surface area contributed by atoms with Crippen LogP contribution in [0.5, 0.6) is 0 Å². The molecule has 2 fully saturated rings. The van der Waals surface area contributed by atoms with Crippen molar-refractivity contribution in [3.63, 3.8) is 0 Å². The number of ether oxygens (including phenoxy) is 5. The van der Waals surface area contributed by atoms with Crippen molar-refractivity contribution in [2.45, 2.75) is 128 Å². The number of aliphatic hydroxyl groups is 3. The zero-order valence-corrected chi connectivity index (χ0v) is 35.9. The molecule has 6 rings (SSSR count). The molecule has 14 heteroatoms. The number of ketones is 1. The van der Waals surface area contributed by atoms with Crippen LogP contribution in [0.25, 0.3) is 0 Å². The van der Waals surface area contributed by atoms with Crippen molar-refractivity contribution in [3.8, 4) is 0 Å². The fourth-order valence-electron chi connectivity index (χ4n) is 9.56. The third kappa shape index (κ3) is 8.98. The van der Waals surface area contributed by atoms with E-state index in [1.54, 1.807) is 69.3 Å². The van der Waals surface area contributed by atoms with Gasteiger partial charge in [0.25, 0.3) is 0 Å². The number of carbonyl (C=O) groups is 5. The molecule has 0 spiro atoms. The maximum Gasteiger partial charge on any atom is 0.338 e. The number of nitrogens with one attached hydrogen (secondary N) is 1. The molecule has 0 bridgehead atoms. The van der Waals surface area contributed by atoms with Gasteiger partial charge in [0.05, 0.1) is 35.6 Å². The first-order chi connectivity index (χ1) is 29.5. The Morgan fingerprint density at radius 1 is 0.887 bits per heavy atom. The summed E-state index contributed by atoms with van der Waals surface area (Å²) in [6.07, 6.45) is -10.00. The highest BCUT2D eigenvalue weighted by molar-refractivity contribution is 5.95. The lowest BCUT2D eigenvalue weighted by Gasteiger charge is -2.64. The van der Waals surface area contributed by atoms with Gasteiger partial charge >= 0.3 is 23.9 Å². The Kier molecular flexibility index (Phi) is 14.2. The van der Waals surface area contributed by atoms with Gasteiger partial charge in [-0.15, -0.1) is 0 Å². The van der Waals surface area contributed by atoms with Crippen molar-refractivity contribution in [2.75, 3.05) is 6.61 Å². The molecule has 0 amide bonds. The van der Waals surface area contributed by atoms with Gasteiger partial charge in [-0.3, -0.25) is 14.4 Å². The molecular formula is C48H57NO13. The highest BCUT2D eigenvalue weighted by Gasteiger charge is 2.75. The number of Topliss-reactive ketones (excluding diaryl/α,β-unsaturated/α-hetero) is 1. The van der Waals surface area contributed by atoms with E-state index in [0.717, 1.165) is 12.5 Å². The van der Waals surface area contributed by atoms with Crippen LogP contribution in [-0.2, 0) is 49.4 Å². The maximum atomic E-state index is 15.5. The smallest absolute Gasteiger partial charge is 0.338 e.